The Labute approximate surface area is 170 Å². The number of hydrogen-bond acceptors (Lipinski definition) is 3. The first-order valence-corrected chi connectivity index (χ1v) is 8.01. The Kier molecular flexibility index (Phi) is 9.87. The predicted octanol–water partition coefficient (Wildman–Crippen LogP) is 2.63. The van der Waals surface area contributed by atoms with Crippen LogP contribution in [0.1, 0.15) is 31.2 Å². The molecule has 0 saturated carbocycles. The van der Waals surface area contributed by atoms with Crippen molar-refractivity contribution in [3.05, 3.63) is 49.1 Å². The smallest absolute Gasteiger partial charge is 0.223 e. The maximum atomic E-state index is 12.3. The molecule has 6 heteroatoms. The summed E-state index contributed by atoms with van der Waals surface area (Å²) in [5.41, 5.74) is 1.00. The molecule has 2 unspecified atom stereocenters. The third-order valence-corrected chi connectivity index (χ3v) is 4.05. The van der Waals surface area contributed by atoms with Gasteiger partial charge in [-0.1, -0.05) is 30.6 Å². The molecule has 1 heterocycles. The van der Waals surface area contributed by atoms with E-state index in [1.54, 1.807) is 6.08 Å². The van der Waals surface area contributed by atoms with Gasteiger partial charge in [0.1, 0.15) is 0 Å². The number of aliphatic hydroxyl groups is 1. The summed E-state index contributed by atoms with van der Waals surface area (Å²) in [5.74, 6) is 0.817. The molecule has 125 valence electrons. The molecule has 2 atom stereocenters. The van der Waals surface area contributed by atoms with Gasteiger partial charge in [-0.15, -0.1) is 0 Å². The van der Waals surface area contributed by atoms with Gasteiger partial charge in [0.25, 0.3) is 0 Å². The molecule has 1 aromatic rings. The van der Waals surface area contributed by atoms with Gasteiger partial charge in [-0.05, 0) is 37.0 Å². The fourth-order valence-electron chi connectivity index (χ4n) is 2.81. The van der Waals surface area contributed by atoms with Crippen LogP contribution in [0.5, 0.6) is 5.75 Å². The monoisotopic (exact) mass is 401 g/mol. The molecule has 1 amide bonds. The van der Waals surface area contributed by atoms with E-state index in [9.17, 15) is 9.90 Å². The summed E-state index contributed by atoms with van der Waals surface area (Å²) in [6.45, 7) is 0.526. The second-order valence-corrected chi connectivity index (χ2v) is 5.80. The molecule has 4 nitrogen and oxygen atoms in total. The largest absolute Gasteiger partial charge is 0.665 e. The molecule has 0 bridgehead atoms. The number of carbonyl (C=O) groups excluding carboxylic acids is 1. The van der Waals surface area contributed by atoms with E-state index in [0.29, 0.717) is 31.5 Å². The summed E-state index contributed by atoms with van der Waals surface area (Å²) in [6, 6.07) is 7.58. The number of amides is 1. The minimum absolute atomic E-state index is 0. The van der Waals surface area contributed by atoms with Crippen molar-refractivity contribution in [1.29, 1.82) is 0 Å². The first-order chi connectivity index (χ1) is 11.1. The summed E-state index contributed by atoms with van der Waals surface area (Å²) >= 11 is 0. The fourth-order valence-corrected chi connectivity index (χ4v) is 2.81. The second-order valence-electron chi connectivity index (χ2n) is 5.80. The van der Waals surface area contributed by atoms with E-state index < -0.39 is 6.10 Å². The molecule has 3 radical (unpaired) electrons. The molecule has 1 aliphatic heterocycles. The zero-order valence-corrected chi connectivity index (χ0v) is 16.8. The first-order valence-electron chi connectivity index (χ1n) is 8.01. The van der Waals surface area contributed by atoms with Gasteiger partial charge >= 0.3 is 0 Å². The zero-order chi connectivity index (χ0) is 16.7. The van der Waals surface area contributed by atoms with Crippen molar-refractivity contribution >= 4 is 13.8 Å². The van der Waals surface area contributed by atoms with Gasteiger partial charge in [-0.25, -0.2) is 0 Å². The number of benzene rings is 1. The minimum Gasteiger partial charge on any atom is -0.665 e. The minimum atomic E-state index is -0.554. The summed E-state index contributed by atoms with van der Waals surface area (Å²) in [4.78, 5) is 14.2. The van der Waals surface area contributed by atoms with Crippen molar-refractivity contribution in [3.63, 3.8) is 0 Å². The van der Waals surface area contributed by atoms with Gasteiger partial charge in [-0.2, -0.15) is 7.11 Å². The molecule has 1 aromatic carbocycles. The maximum Gasteiger partial charge on any atom is 0.223 e. The van der Waals surface area contributed by atoms with E-state index in [1.807, 2.05) is 35.2 Å². The fraction of sp³-hybridized carbons (Fsp3) is 0.444. The van der Waals surface area contributed by atoms with Gasteiger partial charge in [-0.3, -0.25) is 4.79 Å². The van der Waals surface area contributed by atoms with Crippen LogP contribution in [-0.4, -0.2) is 35.9 Å². The number of rotatable bonds is 7. The topological polar surface area (TPSA) is 49.8 Å². The Balaban J connectivity index is 0.00000288. The molecule has 0 aliphatic carbocycles. The third-order valence-electron chi connectivity index (χ3n) is 4.05. The van der Waals surface area contributed by atoms with Gasteiger partial charge < -0.3 is 14.7 Å². The third kappa shape index (κ3) is 6.34. The number of nitrogens with zero attached hydrogens (tertiary/aromatic N) is 1. The Bertz CT molecular complexity index is 553. The predicted molar refractivity (Wildman–Crippen MR) is 90.9 cm³/mol. The van der Waals surface area contributed by atoms with Crippen LogP contribution in [0.3, 0.4) is 0 Å². The van der Waals surface area contributed by atoms with Crippen LogP contribution in [-0.2, 0) is 44.0 Å². The van der Waals surface area contributed by atoms with Crippen LogP contribution in [0, 0.1) is 7.11 Å². The normalized spacial score (nSPS) is 19.2. The van der Waals surface area contributed by atoms with E-state index in [0.717, 1.165) is 18.4 Å². The van der Waals surface area contributed by atoms with Gasteiger partial charge in [0, 0.05) is 45.7 Å². The van der Waals surface area contributed by atoms with Crippen LogP contribution in [0.2, 0.25) is 6.32 Å². The van der Waals surface area contributed by atoms with Crippen LogP contribution < -0.4 is 4.74 Å². The summed E-state index contributed by atoms with van der Waals surface area (Å²) in [5, 5.41) is 9.80. The molecule has 24 heavy (non-hydrogen) atoms. The van der Waals surface area contributed by atoms with Crippen LogP contribution >= 0.6 is 0 Å². The van der Waals surface area contributed by atoms with Gasteiger partial charge in [0.05, 0.1) is 25.7 Å². The molecule has 0 aromatic heterocycles. The average Bonchev–Trinajstić information content (AvgIpc) is 2.56. The van der Waals surface area contributed by atoms with Crippen molar-refractivity contribution < 1.29 is 47.3 Å². The van der Waals surface area contributed by atoms with E-state index in [-0.39, 0.29) is 44.7 Å². The Hall–Kier alpha value is -0.641. The van der Waals surface area contributed by atoms with E-state index >= 15 is 0 Å². The van der Waals surface area contributed by atoms with Crippen molar-refractivity contribution in [1.82, 2.24) is 4.90 Å². The van der Waals surface area contributed by atoms with E-state index in [1.165, 1.54) is 0 Å². The molecule has 0 spiro atoms. The van der Waals surface area contributed by atoms with Crippen molar-refractivity contribution in [2.24, 2.45) is 0 Å². The molecular formula is C18H23BNO3Y-. The Morgan fingerprint density at radius 1 is 1.50 bits per heavy atom. The first kappa shape index (κ1) is 21.4. The number of piperidine rings is 1. The summed E-state index contributed by atoms with van der Waals surface area (Å²) in [7, 11) is 8.85. The standard InChI is InChI=1S/C18H23BNO3.Y/c1-23-17-6-2-4-14(12-17)13-20-15(5-3-7-18(20)22)8-9-16(21)10-11-19;/h2,4,6,8-9,12,15-16,21H,1,3,5,7,10-11,13H2;/q-1;. The molecule has 1 aliphatic rings. The Morgan fingerprint density at radius 3 is 3.00 bits per heavy atom. The van der Waals surface area contributed by atoms with E-state index in [4.69, 9.17) is 12.6 Å². The van der Waals surface area contributed by atoms with Crippen molar-refractivity contribution in [2.75, 3.05) is 0 Å². The summed E-state index contributed by atoms with van der Waals surface area (Å²) < 4.78 is 4.99. The van der Waals surface area contributed by atoms with Crippen LogP contribution in [0.4, 0.5) is 0 Å². The van der Waals surface area contributed by atoms with Gasteiger partial charge in [0.15, 0.2) is 0 Å². The number of ether oxygens (including phenoxy) is 1. The average molecular weight is 401 g/mol. The quantitative estimate of drug-likeness (QED) is 0.434. The molecular weight excluding hydrogens is 378 g/mol. The zero-order valence-electron chi connectivity index (χ0n) is 13.9. The number of hydrogen-bond donors (Lipinski definition) is 1. The SMILES string of the molecule is [B]CCC(O)C=CC1CCCC(=O)N1Cc1cccc(O[CH2-])c1.[Y]. The summed E-state index contributed by atoms with van der Waals surface area (Å²) in [6.07, 6.45) is 6.44. The van der Waals surface area contributed by atoms with E-state index in [2.05, 4.69) is 7.11 Å². The molecule has 1 fully saturated rings. The number of likely N-dealkylation sites (tertiary alicyclic amines) is 1. The maximum absolute atomic E-state index is 12.3. The van der Waals surface area contributed by atoms with Crippen LogP contribution in [0.15, 0.2) is 36.4 Å². The second kappa shape index (κ2) is 11.1. The number of aliphatic hydroxyl groups excluding tert-OH is 1. The van der Waals surface area contributed by atoms with Gasteiger partial charge in [0.2, 0.25) is 5.91 Å². The number of carbonyl (C=O) groups is 1. The van der Waals surface area contributed by atoms with Crippen LogP contribution in [0.25, 0.3) is 0 Å². The molecule has 1 N–H and O–H groups in total. The van der Waals surface area contributed by atoms with Crippen molar-refractivity contribution in [3.8, 4) is 5.75 Å². The van der Waals surface area contributed by atoms with Crippen molar-refractivity contribution in [2.45, 2.75) is 50.7 Å². The molecule has 1 saturated heterocycles. The Morgan fingerprint density at radius 2 is 2.29 bits per heavy atom. The molecule has 2 rings (SSSR count).